The summed E-state index contributed by atoms with van der Waals surface area (Å²) in [6.07, 6.45) is 8.08. The number of carbonyl (C=O) groups is 2. The molecular weight excluding hydrogens is 486 g/mol. The summed E-state index contributed by atoms with van der Waals surface area (Å²) in [7, 11) is 0. The molecule has 38 heavy (non-hydrogen) atoms. The first-order valence-electron chi connectivity index (χ1n) is 12.8. The SMILES string of the molecule is Cc1ccnc(-c2cc(CCCOC(=O)NCCCCCCNC(=O)Nc3nc(C)cc(=O)[nH]3)ccn2)c1. The van der Waals surface area contributed by atoms with E-state index in [1.807, 2.05) is 31.2 Å². The van der Waals surface area contributed by atoms with Gasteiger partial charge in [-0.15, -0.1) is 0 Å². The van der Waals surface area contributed by atoms with Crippen molar-refractivity contribution < 1.29 is 14.3 Å². The van der Waals surface area contributed by atoms with Gasteiger partial charge in [-0.1, -0.05) is 12.8 Å². The number of carbonyl (C=O) groups excluding carboxylic acids is 2. The van der Waals surface area contributed by atoms with Gasteiger partial charge in [-0.2, -0.15) is 0 Å². The van der Waals surface area contributed by atoms with Gasteiger partial charge in [0.2, 0.25) is 5.95 Å². The van der Waals surface area contributed by atoms with E-state index in [0.29, 0.717) is 31.8 Å². The molecule has 11 nitrogen and oxygen atoms in total. The van der Waals surface area contributed by atoms with Gasteiger partial charge in [0.1, 0.15) is 0 Å². The molecule has 0 unspecified atom stereocenters. The number of hydrogen-bond donors (Lipinski definition) is 4. The number of aromatic amines is 1. The van der Waals surface area contributed by atoms with Crippen molar-refractivity contribution in [3.05, 3.63) is 69.9 Å². The van der Waals surface area contributed by atoms with E-state index in [9.17, 15) is 14.4 Å². The number of hydrogen-bond acceptors (Lipinski definition) is 7. The lowest BCUT2D eigenvalue weighted by atomic mass is 10.1. The van der Waals surface area contributed by atoms with Crippen LogP contribution in [0.15, 0.2) is 47.5 Å². The highest BCUT2D eigenvalue weighted by Crippen LogP contribution is 2.17. The fraction of sp³-hybridized carbons (Fsp3) is 0.407. The fourth-order valence-corrected chi connectivity index (χ4v) is 3.72. The maximum atomic E-state index is 11.9. The molecule has 0 spiro atoms. The minimum Gasteiger partial charge on any atom is -0.450 e. The van der Waals surface area contributed by atoms with E-state index >= 15 is 0 Å². The Labute approximate surface area is 221 Å². The van der Waals surface area contributed by atoms with Crippen LogP contribution in [0.2, 0.25) is 0 Å². The predicted octanol–water partition coefficient (Wildman–Crippen LogP) is 3.88. The van der Waals surface area contributed by atoms with Crippen LogP contribution < -0.4 is 21.5 Å². The number of pyridine rings is 2. The van der Waals surface area contributed by atoms with Crippen LogP contribution in [0, 0.1) is 13.8 Å². The number of alkyl carbamates (subject to hydrolysis) is 1. The van der Waals surface area contributed by atoms with Gasteiger partial charge in [0, 0.05) is 37.2 Å². The second-order valence-electron chi connectivity index (χ2n) is 8.96. The average Bonchev–Trinajstić information content (AvgIpc) is 2.88. The van der Waals surface area contributed by atoms with E-state index in [-0.39, 0.29) is 11.5 Å². The maximum absolute atomic E-state index is 11.9. The van der Waals surface area contributed by atoms with Gasteiger partial charge < -0.3 is 15.4 Å². The first-order valence-corrected chi connectivity index (χ1v) is 12.8. The van der Waals surface area contributed by atoms with Crippen LogP contribution in [-0.2, 0) is 11.2 Å². The van der Waals surface area contributed by atoms with Crippen LogP contribution in [0.3, 0.4) is 0 Å². The number of nitrogens with one attached hydrogen (secondary N) is 4. The van der Waals surface area contributed by atoms with Gasteiger partial charge in [-0.25, -0.2) is 14.6 Å². The lowest BCUT2D eigenvalue weighted by molar-refractivity contribution is 0.144. The number of urea groups is 1. The van der Waals surface area contributed by atoms with E-state index in [4.69, 9.17) is 4.74 Å². The van der Waals surface area contributed by atoms with Crippen molar-refractivity contribution in [3.63, 3.8) is 0 Å². The third-order valence-electron chi connectivity index (χ3n) is 5.61. The van der Waals surface area contributed by atoms with Crippen LogP contribution in [0.25, 0.3) is 11.4 Å². The van der Waals surface area contributed by atoms with Crippen LogP contribution in [0.5, 0.6) is 0 Å². The molecule has 202 valence electrons. The number of rotatable bonds is 13. The van der Waals surface area contributed by atoms with Crippen molar-refractivity contribution in [1.82, 2.24) is 30.6 Å². The second-order valence-corrected chi connectivity index (χ2v) is 8.96. The molecule has 0 fully saturated rings. The normalized spacial score (nSPS) is 10.6. The zero-order chi connectivity index (χ0) is 27.2. The summed E-state index contributed by atoms with van der Waals surface area (Å²) in [4.78, 5) is 50.4. The Morgan fingerprint density at radius 1 is 0.895 bits per heavy atom. The summed E-state index contributed by atoms with van der Waals surface area (Å²) in [6.45, 7) is 5.08. The molecule has 3 amide bonds. The largest absolute Gasteiger partial charge is 0.450 e. The lowest BCUT2D eigenvalue weighted by Gasteiger charge is -2.08. The molecular formula is C27H35N7O4. The number of H-pyrrole nitrogens is 1. The Kier molecular flexibility index (Phi) is 11.2. The highest BCUT2D eigenvalue weighted by Gasteiger charge is 2.06. The number of ether oxygens (including phenoxy) is 1. The number of aromatic nitrogens is 4. The molecule has 4 N–H and O–H groups in total. The Hall–Kier alpha value is -4.28. The maximum Gasteiger partial charge on any atom is 0.407 e. The molecule has 3 heterocycles. The third-order valence-corrected chi connectivity index (χ3v) is 5.61. The molecule has 11 heteroatoms. The van der Waals surface area contributed by atoms with Crippen LogP contribution in [0.1, 0.15) is 48.9 Å². The van der Waals surface area contributed by atoms with Gasteiger partial charge in [-0.3, -0.25) is 25.1 Å². The van der Waals surface area contributed by atoms with Crippen molar-refractivity contribution in [1.29, 1.82) is 0 Å². The third kappa shape index (κ3) is 10.4. The minimum absolute atomic E-state index is 0.118. The monoisotopic (exact) mass is 521 g/mol. The molecule has 3 aromatic rings. The molecule has 0 aliphatic carbocycles. The van der Waals surface area contributed by atoms with Crippen LogP contribution >= 0.6 is 0 Å². The Bertz CT molecular complexity index is 1260. The molecule has 3 rings (SSSR count). The Morgan fingerprint density at radius 3 is 2.34 bits per heavy atom. The van der Waals surface area contributed by atoms with Crippen molar-refractivity contribution in [2.75, 3.05) is 25.0 Å². The molecule has 0 aliphatic rings. The summed E-state index contributed by atoms with van der Waals surface area (Å²) in [6, 6.07) is 8.87. The van der Waals surface area contributed by atoms with Gasteiger partial charge in [0.15, 0.2) is 0 Å². The number of aryl methyl sites for hydroxylation is 3. The summed E-state index contributed by atoms with van der Waals surface area (Å²) in [5.41, 5.74) is 4.14. The molecule has 3 aromatic heterocycles. The summed E-state index contributed by atoms with van der Waals surface area (Å²) < 4.78 is 5.27. The Balaban J connectivity index is 1.19. The fourth-order valence-electron chi connectivity index (χ4n) is 3.72. The smallest absolute Gasteiger partial charge is 0.407 e. The molecule has 0 bridgehead atoms. The first kappa shape index (κ1) is 28.3. The first-order chi connectivity index (χ1) is 18.4. The van der Waals surface area contributed by atoms with Crippen molar-refractivity contribution >= 4 is 18.1 Å². The van der Waals surface area contributed by atoms with Gasteiger partial charge in [-0.05, 0) is 74.9 Å². The quantitative estimate of drug-likeness (QED) is 0.249. The van der Waals surface area contributed by atoms with Crippen molar-refractivity contribution in [2.45, 2.75) is 52.4 Å². The number of unbranched alkanes of at least 4 members (excludes halogenated alkanes) is 3. The highest BCUT2D eigenvalue weighted by molar-refractivity contribution is 5.87. The molecule has 0 atom stereocenters. The van der Waals surface area contributed by atoms with Crippen LogP contribution in [0.4, 0.5) is 15.5 Å². The predicted molar refractivity (Wildman–Crippen MR) is 145 cm³/mol. The number of anilines is 1. The average molecular weight is 522 g/mol. The lowest BCUT2D eigenvalue weighted by Crippen LogP contribution is -2.31. The molecule has 0 saturated heterocycles. The van der Waals surface area contributed by atoms with Crippen molar-refractivity contribution in [3.8, 4) is 11.4 Å². The standard InChI is InChI=1S/C27H35N7O4/c1-19-9-13-28-22(16-19)23-18-21(10-14-29-23)8-7-15-38-27(37)31-12-6-4-3-5-11-30-26(36)34-25-32-20(2)17-24(35)33-25/h9-10,13-14,16-18H,3-8,11-12,15H2,1-2H3,(H,31,37)(H3,30,32,33,34,35,36). The van der Waals surface area contributed by atoms with Crippen LogP contribution in [-0.4, -0.2) is 51.8 Å². The van der Waals surface area contributed by atoms with E-state index < -0.39 is 12.1 Å². The highest BCUT2D eigenvalue weighted by atomic mass is 16.5. The molecule has 0 aromatic carbocycles. The zero-order valence-corrected chi connectivity index (χ0v) is 21.9. The summed E-state index contributed by atoms with van der Waals surface area (Å²) in [5.74, 6) is 0.118. The van der Waals surface area contributed by atoms with E-state index in [1.54, 1.807) is 19.3 Å². The number of nitrogens with zero attached hydrogens (tertiary/aromatic N) is 3. The van der Waals surface area contributed by atoms with E-state index in [0.717, 1.165) is 54.6 Å². The van der Waals surface area contributed by atoms with Gasteiger partial charge in [0.05, 0.1) is 18.0 Å². The minimum atomic E-state index is -0.421. The van der Waals surface area contributed by atoms with E-state index in [1.165, 1.54) is 6.07 Å². The molecule has 0 saturated carbocycles. The van der Waals surface area contributed by atoms with Crippen molar-refractivity contribution in [2.24, 2.45) is 0 Å². The second kappa shape index (κ2) is 15.1. The summed E-state index contributed by atoms with van der Waals surface area (Å²) >= 11 is 0. The van der Waals surface area contributed by atoms with E-state index in [2.05, 4.69) is 35.9 Å². The summed E-state index contributed by atoms with van der Waals surface area (Å²) in [5, 5.41) is 8.00. The molecule has 0 radical (unpaired) electrons. The Morgan fingerprint density at radius 2 is 1.61 bits per heavy atom. The zero-order valence-electron chi connectivity index (χ0n) is 21.9. The topological polar surface area (TPSA) is 151 Å². The number of amides is 3. The van der Waals surface area contributed by atoms with Gasteiger partial charge in [0.25, 0.3) is 5.56 Å². The van der Waals surface area contributed by atoms with Gasteiger partial charge >= 0.3 is 12.1 Å². The molecule has 0 aliphatic heterocycles.